The van der Waals surface area contributed by atoms with E-state index in [0.29, 0.717) is 18.8 Å². The summed E-state index contributed by atoms with van der Waals surface area (Å²) in [6, 6.07) is 9.62. The Morgan fingerprint density at radius 2 is 1.84 bits per heavy atom. The van der Waals surface area contributed by atoms with E-state index in [2.05, 4.69) is 15.2 Å². The van der Waals surface area contributed by atoms with Gasteiger partial charge in [0, 0.05) is 13.1 Å². The van der Waals surface area contributed by atoms with Gasteiger partial charge in [0.2, 0.25) is 0 Å². The molecule has 7 nitrogen and oxygen atoms in total. The molecule has 2 saturated heterocycles. The predicted octanol–water partition coefficient (Wildman–Crippen LogP) is 0.938. The number of amides is 1. The average Bonchev–Trinajstić information content (AvgIpc) is 3.30. The number of aromatic nitrogens is 3. The first-order valence-corrected chi connectivity index (χ1v) is 8.91. The van der Waals surface area contributed by atoms with Crippen molar-refractivity contribution in [2.75, 3.05) is 26.2 Å². The van der Waals surface area contributed by atoms with Crippen molar-refractivity contribution in [2.45, 2.75) is 31.4 Å². The van der Waals surface area contributed by atoms with Gasteiger partial charge in [-0.15, -0.1) is 5.10 Å². The minimum atomic E-state index is -0.494. The van der Waals surface area contributed by atoms with Gasteiger partial charge in [-0.05, 0) is 38.1 Å². The Bertz CT molecular complexity index is 726. The van der Waals surface area contributed by atoms with Crippen LogP contribution in [-0.2, 0) is 0 Å². The van der Waals surface area contributed by atoms with Gasteiger partial charge in [0.05, 0.1) is 24.0 Å². The van der Waals surface area contributed by atoms with Crippen LogP contribution in [0, 0.1) is 0 Å². The zero-order chi connectivity index (χ0) is 17.2. The highest BCUT2D eigenvalue weighted by atomic mass is 16.3. The molecule has 2 atom stereocenters. The number of piperidine rings is 1. The van der Waals surface area contributed by atoms with Crippen LogP contribution in [0.15, 0.2) is 36.5 Å². The van der Waals surface area contributed by atoms with Crippen molar-refractivity contribution in [3.05, 3.63) is 42.2 Å². The SMILES string of the molecule is O=C(c1cn(-c2ccccc2)nn1)N1C[C@H](O)[C@@H](N2CCCCC2)C1. The highest BCUT2D eigenvalue weighted by molar-refractivity contribution is 5.92. The number of hydrogen-bond acceptors (Lipinski definition) is 5. The van der Waals surface area contributed by atoms with E-state index in [4.69, 9.17) is 0 Å². The van der Waals surface area contributed by atoms with Crippen LogP contribution < -0.4 is 0 Å². The molecule has 25 heavy (non-hydrogen) atoms. The standard InChI is InChI=1S/C18H23N5O2/c24-17-13-22(12-16(17)21-9-5-2-6-10-21)18(25)15-11-23(20-19-15)14-7-3-1-4-8-14/h1,3-4,7-8,11,16-17,24H,2,5-6,9-10,12-13H2/t16-,17-/m0/s1. The Morgan fingerprint density at radius 1 is 1.08 bits per heavy atom. The average molecular weight is 341 g/mol. The maximum absolute atomic E-state index is 12.7. The van der Waals surface area contributed by atoms with Crippen molar-refractivity contribution in [2.24, 2.45) is 0 Å². The molecule has 1 aromatic heterocycles. The number of carbonyl (C=O) groups excluding carboxylic acids is 1. The van der Waals surface area contributed by atoms with Crippen molar-refractivity contribution in [3.63, 3.8) is 0 Å². The molecule has 0 radical (unpaired) electrons. The largest absolute Gasteiger partial charge is 0.390 e. The lowest BCUT2D eigenvalue weighted by atomic mass is 10.1. The number of β-amino-alcohol motifs (C(OH)–C–C–N with tert-alkyl or cyclic N) is 1. The van der Waals surface area contributed by atoms with Gasteiger partial charge in [-0.1, -0.05) is 29.8 Å². The molecule has 1 aromatic carbocycles. The maximum Gasteiger partial charge on any atom is 0.276 e. The zero-order valence-electron chi connectivity index (χ0n) is 14.2. The molecule has 0 saturated carbocycles. The molecule has 1 amide bonds. The van der Waals surface area contributed by atoms with Crippen molar-refractivity contribution < 1.29 is 9.90 Å². The molecule has 3 heterocycles. The van der Waals surface area contributed by atoms with Crippen molar-refractivity contribution in [1.82, 2.24) is 24.8 Å². The van der Waals surface area contributed by atoms with Crippen molar-refractivity contribution in [3.8, 4) is 5.69 Å². The summed E-state index contributed by atoms with van der Waals surface area (Å²) < 4.78 is 1.60. The lowest BCUT2D eigenvalue weighted by Crippen LogP contribution is -2.46. The second-order valence-electron chi connectivity index (χ2n) is 6.83. The van der Waals surface area contributed by atoms with E-state index in [1.807, 2.05) is 30.3 Å². The second-order valence-corrected chi connectivity index (χ2v) is 6.83. The number of nitrogens with zero attached hydrogens (tertiary/aromatic N) is 5. The molecular formula is C18H23N5O2. The fourth-order valence-corrected chi connectivity index (χ4v) is 3.77. The van der Waals surface area contributed by atoms with Gasteiger partial charge in [0.25, 0.3) is 5.91 Å². The highest BCUT2D eigenvalue weighted by Crippen LogP contribution is 2.22. The van der Waals surface area contributed by atoms with Gasteiger partial charge >= 0.3 is 0 Å². The number of carbonyl (C=O) groups is 1. The van der Waals surface area contributed by atoms with E-state index < -0.39 is 6.10 Å². The minimum absolute atomic E-state index is 0.0356. The molecule has 2 aromatic rings. The third kappa shape index (κ3) is 3.29. The zero-order valence-corrected chi connectivity index (χ0v) is 14.2. The monoisotopic (exact) mass is 341 g/mol. The lowest BCUT2D eigenvalue weighted by molar-refractivity contribution is 0.0702. The van der Waals surface area contributed by atoms with Crippen LogP contribution in [0.3, 0.4) is 0 Å². The van der Waals surface area contributed by atoms with Gasteiger partial charge in [-0.3, -0.25) is 9.69 Å². The normalized spacial score (nSPS) is 24.6. The van der Waals surface area contributed by atoms with E-state index in [1.165, 1.54) is 19.3 Å². The molecule has 2 fully saturated rings. The predicted molar refractivity (Wildman–Crippen MR) is 92.5 cm³/mol. The summed E-state index contributed by atoms with van der Waals surface area (Å²) in [7, 11) is 0. The fraction of sp³-hybridized carbons (Fsp3) is 0.500. The number of hydrogen-bond donors (Lipinski definition) is 1. The number of benzene rings is 1. The van der Waals surface area contributed by atoms with Crippen LogP contribution in [-0.4, -0.2) is 74.1 Å². The van der Waals surface area contributed by atoms with Crippen LogP contribution in [0.25, 0.3) is 5.69 Å². The third-order valence-corrected chi connectivity index (χ3v) is 5.14. The number of rotatable bonds is 3. The van der Waals surface area contributed by atoms with Gasteiger partial charge < -0.3 is 10.0 Å². The molecule has 0 bridgehead atoms. The Labute approximate surface area is 146 Å². The molecule has 2 aliphatic heterocycles. The van der Waals surface area contributed by atoms with E-state index in [-0.39, 0.29) is 11.9 Å². The summed E-state index contributed by atoms with van der Waals surface area (Å²) in [5, 5.41) is 18.5. The van der Waals surface area contributed by atoms with Gasteiger partial charge in [-0.2, -0.15) is 0 Å². The second kappa shape index (κ2) is 6.93. The topological polar surface area (TPSA) is 74.5 Å². The van der Waals surface area contributed by atoms with Crippen LogP contribution in [0.1, 0.15) is 29.8 Å². The molecule has 1 N–H and O–H groups in total. The lowest BCUT2D eigenvalue weighted by Gasteiger charge is -2.33. The van der Waals surface area contributed by atoms with Crippen molar-refractivity contribution in [1.29, 1.82) is 0 Å². The van der Waals surface area contributed by atoms with Crippen LogP contribution >= 0.6 is 0 Å². The van der Waals surface area contributed by atoms with E-state index >= 15 is 0 Å². The minimum Gasteiger partial charge on any atom is -0.390 e. The summed E-state index contributed by atoms with van der Waals surface area (Å²) in [5.41, 5.74) is 1.18. The molecule has 4 rings (SSSR count). The molecule has 0 spiro atoms. The Morgan fingerprint density at radius 3 is 2.60 bits per heavy atom. The number of para-hydroxylation sites is 1. The maximum atomic E-state index is 12.7. The number of aliphatic hydroxyl groups is 1. The molecule has 2 aliphatic rings. The first-order chi connectivity index (χ1) is 12.2. The van der Waals surface area contributed by atoms with Gasteiger partial charge in [0.1, 0.15) is 0 Å². The Balaban J connectivity index is 1.45. The summed E-state index contributed by atoms with van der Waals surface area (Å²) >= 11 is 0. The van der Waals surface area contributed by atoms with Crippen molar-refractivity contribution >= 4 is 5.91 Å². The Kier molecular flexibility index (Phi) is 4.50. The number of likely N-dealkylation sites (tertiary alicyclic amines) is 2. The molecule has 0 unspecified atom stereocenters. The summed E-state index contributed by atoms with van der Waals surface area (Å²) in [5.74, 6) is -0.166. The van der Waals surface area contributed by atoms with Crippen LogP contribution in [0.5, 0.6) is 0 Å². The molecule has 132 valence electrons. The number of aliphatic hydroxyl groups excluding tert-OH is 1. The summed E-state index contributed by atoms with van der Waals surface area (Å²) in [6.07, 6.45) is 4.75. The summed E-state index contributed by atoms with van der Waals surface area (Å²) in [4.78, 5) is 16.8. The summed E-state index contributed by atoms with van der Waals surface area (Å²) in [6.45, 7) is 2.93. The third-order valence-electron chi connectivity index (χ3n) is 5.14. The quantitative estimate of drug-likeness (QED) is 0.899. The first kappa shape index (κ1) is 16.2. The molecular weight excluding hydrogens is 318 g/mol. The molecule has 7 heteroatoms. The van der Waals surface area contributed by atoms with Crippen LogP contribution in [0.4, 0.5) is 0 Å². The highest BCUT2D eigenvalue weighted by Gasteiger charge is 2.38. The van der Waals surface area contributed by atoms with E-state index in [1.54, 1.807) is 15.8 Å². The van der Waals surface area contributed by atoms with E-state index in [0.717, 1.165) is 18.8 Å². The smallest absolute Gasteiger partial charge is 0.276 e. The van der Waals surface area contributed by atoms with Gasteiger partial charge in [-0.25, -0.2) is 4.68 Å². The fourth-order valence-electron chi connectivity index (χ4n) is 3.77. The Hall–Kier alpha value is -2.25. The first-order valence-electron chi connectivity index (χ1n) is 8.91. The van der Waals surface area contributed by atoms with Crippen LogP contribution in [0.2, 0.25) is 0 Å². The van der Waals surface area contributed by atoms with Gasteiger partial charge in [0.15, 0.2) is 5.69 Å². The van der Waals surface area contributed by atoms with E-state index in [9.17, 15) is 9.90 Å². The molecule has 0 aliphatic carbocycles.